The van der Waals surface area contributed by atoms with Gasteiger partial charge >= 0.3 is 5.97 Å². The molecule has 1 aromatic heterocycles. The molecule has 0 radical (unpaired) electrons. The fraction of sp³-hybridized carbons (Fsp3) is 0.314. The smallest absolute Gasteiger partial charge is 0.305 e. The van der Waals surface area contributed by atoms with E-state index in [0.29, 0.717) is 16.6 Å². The number of carboxylic acids is 1. The summed E-state index contributed by atoms with van der Waals surface area (Å²) in [7, 11) is 3.76. The number of carbonyl (C=O) groups excluding carboxylic acids is 2. The van der Waals surface area contributed by atoms with Crippen LogP contribution >= 0.6 is 0 Å². The van der Waals surface area contributed by atoms with Gasteiger partial charge in [0.25, 0.3) is 5.91 Å². The first-order valence-electron chi connectivity index (χ1n) is 14.7. The molecule has 0 saturated carbocycles. The second kappa shape index (κ2) is 13.8. The van der Waals surface area contributed by atoms with Gasteiger partial charge in [-0.15, -0.1) is 0 Å². The molecule has 8 nitrogen and oxygen atoms in total. The Morgan fingerprint density at radius 1 is 0.956 bits per heavy atom. The molecule has 4 aromatic rings. The first-order valence-corrected chi connectivity index (χ1v) is 14.7. The van der Waals surface area contributed by atoms with E-state index in [1.165, 1.54) is 6.07 Å². The number of amides is 2. The zero-order valence-corrected chi connectivity index (χ0v) is 26.2. The summed E-state index contributed by atoms with van der Waals surface area (Å²) in [5.41, 5.74) is 3.96. The summed E-state index contributed by atoms with van der Waals surface area (Å²) in [6.07, 6.45) is 1.15. The van der Waals surface area contributed by atoms with E-state index in [-0.39, 0.29) is 23.5 Å². The van der Waals surface area contributed by atoms with Crippen LogP contribution in [0.1, 0.15) is 59.8 Å². The fourth-order valence-electron chi connectivity index (χ4n) is 5.48. The van der Waals surface area contributed by atoms with Crippen LogP contribution < -0.4 is 15.5 Å². The lowest BCUT2D eigenvalue weighted by Gasteiger charge is -2.25. The molecule has 0 fully saturated rings. The first kappa shape index (κ1) is 33.0. The molecule has 236 valence electrons. The van der Waals surface area contributed by atoms with Crippen molar-refractivity contribution >= 4 is 34.4 Å². The lowest BCUT2D eigenvalue weighted by molar-refractivity contribution is -0.137. The molecular formula is C35H38F2N4O4. The van der Waals surface area contributed by atoms with Gasteiger partial charge in [-0.2, -0.15) is 0 Å². The van der Waals surface area contributed by atoms with Crippen LogP contribution in [-0.4, -0.2) is 48.0 Å². The number of hydrogen-bond donors (Lipinski definition) is 3. The van der Waals surface area contributed by atoms with Gasteiger partial charge in [0.1, 0.15) is 6.04 Å². The van der Waals surface area contributed by atoms with Gasteiger partial charge in [-0.3, -0.25) is 19.4 Å². The van der Waals surface area contributed by atoms with Crippen LogP contribution in [0.5, 0.6) is 0 Å². The number of fused-ring (bicyclic) bond motifs is 1. The van der Waals surface area contributed by atoms with Crippen molar-refractivity contribution < 1.29 is 28.3 Å². The molecule has 10 heteroatoms. The van der Waals surface area contributed by atoms with Crippen LogP contribution in [0.25, 0.3) is 22.0 Å². The van der Waals surface area contributed by atoms with E-state index >= 15 is 8.78 Å². The van der Waals surface area contributed by atoms with Crippen LogP contribution in [-0.2, 0) is 9.59 Å². The Labute approximate surface area is 261 Å². The Kier molecular flexibility index (Phi) is 10.2. The molecule has 0 spiro atoms. The minimum atomic E-state index is -1.41. The zero-order valence-electron chi connectivity index (χ0n) is 26.2. The highest BCUT2D eigenvalue weighted by Gasteiger charge is 2.30. The zero-order chi connectivity index (χ0) is 33.0. The van der Waals surface area contributed by atoms with E-state index in [1.54, 1.807) is 18.3 Å². The SMILES string of the molecule is Cc1cccc(C)c1-c1cc(F)c(F)c([C@H](CC(=O)O)NC(=O)[C@H](CC(C)C)NC(=O)c2cccc3cc(N(C)C)cnc23)c1. The maximum Gasteiger partial charge on any atom is 0.305 e. The molecule has 4 rings (SSSR count). The highest BCUT2D eigenvalue weighted by molar-refractivity contribution is 6.07. The summed E-state index contributed by atoms with van der Waals surface area (Å²) >= 11 is 0. The van der Waals surface area contributed by atoms with Crippen molar-refractivity contribution in [3.05, 3.63) is 94.7 Å². The molecule has 0 unspecified atom stereocenters. The molecule has 3 N–H and O–H groups in total. The number of benzene rings is 3. The minimum Gasteiger partial charge on any atom is -0.481 e. The van der Waals surface area contributed by atoms with Crippen LogP contribution in [0.15, 0.2) is 60.8 Å². The second-order valence-electron chi connectivity index (χ2n) is 11.9. The van der Waals surface area contributed by atoms with Crippen molar-refractivity contribution in [2.75, 3.05) is 19.0 Å². The largest absolute Gasteiger partial charge is 0.481 e. The molecular weight excluding hydrogens is 578 g/mol. The second-order valence-corrected chi connectivity index (χ2v) is 11.9. The summed E-state index contributed by atoms with van der Waals surface area (Å²) in [6, 6.07) is 12.5. The maximum atomic E-state index is 15.3. The standard InChI is InChI=1S/C35H38F2N4O4/c1-19(2)13-29(40-34(44)25-12-8-11-22-14-24(41(5)6)18-38-33(22)25)35(45)39-28(17-30(42)43)26-15-23(16-27(36)32(26)37)31-20(3)9-7-10-21(31)4/h7-12,14-16,18-19,28-29H,13,17H2,1-6H3,(H,39,45)(H,40,44)(H,42,43)/t28-,29-/m0/s1. The molecule has 45 heavy (non-hydrogen) atoms. The minimum absolute atomic E-state index is 0.0474. The molecule has 1 heterocycles. The summed E-state index contributed by atoms with van der Waals surface area (Å²) in [6.45, 7) is 7.41. The molecule has 3 aromatic carbocycles. The number of aryl methyl sites for hydroxylation is 2. The average molecular weight is 617 g/mol. The van der Waals surface area contributed by atoms with Gasteiger partial charge in [0.15, 0.2) is 11.6 Å². The molecule has 0 aliphatic carbocycles. The normalized spacial score (nSPS) is 12.6. The number of para-hydroxylation sites is 1. The summed E-state index contributed by atoms with van der Waals surface area (Å²) in [5.74, 6) is -5.04. The number of nitrogens with one attached hydrogen (secondary N) is 2. The van der Waals surface area contributed by atoms with Gasteiger partial charge in [0.05, 0.1) is 35.4 Å². The summed E-state index contributed by atoms with van der Waals surface area (Å²) in [5, 5.41) is 15.8. The Balaban J connectivity index is 1.68. The van der Waals surface area contributed by atoms with E-state index in [1.807, 2.05) is 77.0 Å². The van der Waals surface area contributed by atoms with E-state index < -0.39 is 47.9 Å². The molecule has 2 amide bonds. The third-order valence-electron chi connectivity index (χ3n) is 7.68. The van der Waals surface area contributed by atoms with E-state index in [4.69, 9.17) is 0 Å². The van der Waals surface area contributed by atoms with E-state index in [9.17, 15) is 19.5 Å². The Bertz CT molecular complexity index is 1740. The third-order valence-corrected chi connectivity index (χ3v) is 7.68. The fourth-order valence-corrected chi connectivity index (χ4v) is 5.48. The molecule has 0 bridgehead atoms. The summed E-state index contributed by atoms with van der Waals surface area (Å²) < 4.78 is 30.3. The number of rotatable bonds is 11. The van der Waals surface area contributed by atoms with Gasteiger partial charge in [0.2, 0.25) is 5.91 Å². The molecule has 0 aliphatic heterocycles. The predicted octanol–water partition coefficient (Wildman–Crippen LogP) is 6.34. The van der Waals surface area contributed by atoms with Crippen LogP contribution in [0.2, 0.25) is 0 Å². The van der Waals surface area contributed by atoms with Crippen molar-refractivity contribution in [1.82, 2.24) is 15.6 Å². The van der Waals surface area contributed by atoms with Crippen molar-refractivity contribution in [3.63, 3.8) is 0 Å². The number of carbonyl (C=O) groups is 3. The van der Waals surface area contributed by atoms with E-state index in [2.05, 4.69) is 15.6 Å². The van der Waals surface area contributed by atoms with Gasteiger partial charge < -0.3 is 20.6 Å². The number of pyridine rings is 1. The van der Waals surface area contributed by atoms with Gasteiger partial charge in [-0.25, -0.2) is 8.78 Å². The van der Waals surface area contributed by atoms with Crippen molar-refractivity contribution in [2.45, 2.75) is 52.6 Å². The highest BCUT2D eigenvalue weighted by Crippen LogP contribution is 2.33. The van der Waals surface area contributed by atoms with E-state index in [0.717, 1.165) is 28.3 Å². The third kappa shape index (κ3) is 7.63. The first-order chi connectivity index (χ1) is 21.3. The average Bonchev–Trinajstić information content (AvgIpc) is 2.96. The lowest BCUT2D eigenvalue weighted by Crippen LogP contribution is -2.48. The van der Waals surface area contributed by atoms with Crippen molar-refractivity contribution in [2.24, 2.45) is 5.92 Å². The maximum absolute atomic E-state index is 15.3. The van der Waals surface area contributed by atoms with Gasteiger partial charge in [0, 0.05) is 25.0 Å². The number of aliphatic carboxylic acids is 1. The predicted molar refractivity (Wildman–Crippen MR) is 171 cm³/mol. The van der Waals surface area contributed by atoms with Crippen molar-refractivity contribution in [1.29, 1.82) is 0 Å². The lowest BCUT2D eigenvalue weighted by atomic mass is 9.92. The Morgan fingerprint density at radius 3 is 2.24 bits per heavy atom. The Hall–Kier alpha value is -4.86. The number of halogens is 2. The summed E-state index contributed by atoms with van der Waals surface area (Å²) in [4.78, 5) is 45.5. The highest BCUT2D eigenvalue weighted by atomic mass is 19.2. The molecule has 2 atom stereocenters. The molecule has 0 saturated heterocycles. The van der Waals surface area contributed by atoms with Crippen molar-refractivity contribution in [3.8, 4) is 11.1 Å². The number of aromatic nitrogens is 1. The monoisotopic (exact) mass is 616 g/mol. The number of carboxylic acid groups (broad SMARTS) is 1. The van der Waals surface area contributed by atoms with Gasteiger partial charge in [-0.1, -0.05) is 44.2 Å². The number of nitrogens with zero attached hydrogens (tertiary/aromatic N) is 2. The topological polar surface area (TPSA) is 112 Å². The van der Waals surface area contributed by atoms with Crippen LogP contribution in [0.3, 0.4) is 0 Å². The Morgan fingerprint density at radius 2 is 1.62 bits per heavy atom. The number of anilines is 1. The molecule has 0 aliphatic rings. The van der Waals surface area contributed by atoms with Crippen LogP contribution in [0, 0.1) is 31.4 Å². The number of hydrogen-bond acceptors (Lipinski definition) is 5. The van der Waals surface area contributed by atoms with Gasteiger partial charge in [-0.05, 0) is 72.7 Å². The van der Waals surface area contributed by atoms with Crippen LogP contribution in [0.4, 0.5) is 14.5 Å². The quantitative estimate of drug-likeness (QED) is 0.181.